The van der Waals surface area contributed by atoms with Gasteiger partial charge in [0.15, 0.2) is 5.82 Å². The Labute approximate surface area is 110 Å². The maximum atomic E-state index is 12.3. The monoisotopic (exact) mass is 315 g/mol. The molecule has 0 aliphatic carbocycles. The molecule has 2 N–H and O–H groups in total. The molecule has 0 aliphatic heterocycles. The molecule has 0 saturated carbocycles. The molecule has 4 nitrogen and oxygen atoms in total. The zero-order chi connectivity index (χ0) is 13.1. The van der Waals surface area contributed by atoms with Gasteiger partial charge in [0.25, 0.3) is 0 Å². The third-order valence-electron chi connectivity index (χ3n) is 2.12. The fraction of sp³-hybridized carbons (Fsp3) is 0.0909. The maximum absolute atomic E-state index is 12.3. The number of rotatable bonds is 3. The Balaban J connectivity index is 2.46. The number of hydrogen-bond acceptors (Lipinski definition) is 4. The molecule has 0 saturated heterocycles. The number of alkyl halides is 2. The molecule has 0 unspecified atom stereocenters. The second-order valence-electron chi connectivity index (χ2n) is 3.30. The Bertz CT molecular complexity index is 566. The van der Waals surface area contributed by atoms with E-state index < -0.39 is 6.61 Å². The number of aromatic nitrogens is 2. The largest absolute Gasteiger partial charge is 0.434 e. The van der Waals surface area contributed by atoms with Crippen molar-refractivity contribution in [1.82, 2.24) is 9.97 Å². The smallest absolute Gasteiger partial charge is 0.387 e. The third kappa shape index (κ3) is 2.73. The van der Waals surface area contributed by atoms with E-state index in [1.54, 1.807) is 18.2 Å². The first-order valence-electron chi connectivity index (χ1n) is 4.90. The van der Waals surface area contributed by atoms with E-state index in [1.165, 1.54) is 12.3 Å². The first-order valence-corrected chi connectivity index (χ1v) is 5.69. The van der Waals surface area contributed by atoms with Gasteiger partial charge in [0.1, 0.15) is 11.6 Å². The van der Waals surface area contributed by atoms with Gasteiger partial charge < -0.3 is 10.5 Å². The first-order chi connectivity index (χ1) is 8.58. The lowest BCUT2D eigenvalue weighted by atomic mass is 10.2. The molecule has 1 aromatic heterocycles. The topological polar surface area (TPSA) is 61.0 Å². The summed E-state index contributed by atoms with van der Waals surface area (Å²) < 4.78 is 29.5. The molecule has 2 aromatic rings. The molecule has 0 fully saturated rings. The van der Waals surface area contributed by atoms with Crippen LogP contribution in [0.1, 0.15) is 0 Å². The SMILES string of the molecule is Nc1nc(-c2ccccc2OC(F)F)ncc1Br. The Kier molecular flexibility index (Phi) is 3.71. The predicted octanol–water partition coefficient (Wildman–Crippen LogP) is 3.09. The van der Waals surface area contributed by atoms with Gasteiger partial charge in [-0.25, -0.2) is 9.97 Å². The fourth-order valence-electron chi connectivity index (χ4n) is 1.36. The number of para-hydroxylation sites is 1. The minimum Gasteiger partial charge on any atom is -0.434 e. The highest BCUT2D eigenvalue weighted by atomic mass is 79.9. The van der Waals surface area contributed by atoms with Crippen LogP contribution in [0, 0.1) is 0 Å². The molecule has 0 aliphatic rings. The van der Waals surface area contributed by atoms with Gasteiger partial charge in [0, 0.05) is 6.20 Å². The Hall–Kier alpha value is -1.76. The van der Waals surface area contributed by atoms with E-state index in [0.717, 1.165) is 0 Å². The highest BCUT2D eigenvalue weighted by molar-refractivity contribution is 9.10. The van der Waals surface area contributed by atoms with Crippen molar-refractivity contribution < 1.29 is 13.5 Å². The van der Waals surface area contributed by atoms with Gasteiger partial charge in [0.2, 0.25) is 0 Å². The van der Waals surface area contributed by atoms with Crippen molar-refractivity contribution in [2.24, 2.45) is 0 Å². The van der Waals surface area contributed by atoms with Gasteiger partial charge in [-0.2, -0.15) is 8.78 Å². The minimum absolute atomic E-state index is 0.00854. The molecule has 0 atom stereocenters. The first kappa shape index (κ1) is 12.7. The number of anilines is 1. The molecule has 1 aromatic carbocycles. The lowest BCUT2D eigenvalue weighted by Gasteiger charge is -2.09. The van der Waals surface area contributed by atoms with E-state index in [2.05, 4.69) is 30.6 Å². The molecular weight excluding hydrogens is 308 g/mol. The number of nitrogens with zero attached hydrogens (tertiary/aromatic N) is 2. The van der Waals surface area contributed by atoms with Crippen LogP contribution in [0.3, 0.4) is 0 Å². The van der Waals surface area contributed by atoms with Crippen LogP contribution in [-0.4, -0.2) is 16.6 Å². The van der Waals surface area contributed by atoms with Gasteiger partial charge >= 0.3 is 6.61 Å². The number of benzene rings is 1. The van der Waals surface area contributed by atoms with E-state index >= 15 is 0 Å². The summed E-state index contributed by atoms with van der Waals surface area (Å²) >= 11 is 3.16. The molecule has 0 amide bonds. The van der Waals surface area contributed by atoms with Crippen LogP contribution in [0.4, 0.5) is 14.6 Å². The van der Waals surface area contributed by atoms with Crippen LogP contribution in [-0.2, 0) is 0 Å². The minimum atomic E-state index is -2.90. The molecule has 7 heteroatoms. The van der Waals surface area contributed by atoms with Crippen LogP contribution in [0.5, 0.6) is 5.75 Å². The zero-order valence-electron chi connectivity index (χ0n) is 8.98. The Morgan fingerprint density at radius 2 is 2.00 bits per heavy atom. The molecule has 0 bridgehead atoms. The summed E-state index contributed by atoms with van der Waals surface area (Å²) in [6, 6.07) is 6.27. The van der Waals surface area contributed by atoms with Gasteiger partial charge in [0.05, 0.1) is 10.0 Å². The Morgan fingerprint density at radius 1 is 1.28 bits per heavy atom. The summed E-state index contributed by atoms with van der Waals surface area (Å²) in [7, 11) is 0. The molecule has 94 valence electrons. The van der Waals surface area contributed by atoms with E-state index in [9.17, 15) is 8.78 Å². The van der Waals surface area contributed by atoms with Crippen molar-refractivity contribution in [3.63, 3.8) is 0 Å². The van der Waals surface area contributed by atoms with E-state index in [-0.39, 0.29) is 17.4 Å². The van der Waals surface area contributed by atoms with Crippen LogP contribution < -0.4 is 10.5 Å². The Morgan fingerprint density at radius 3 is 2.67 bits per heavy atom. The summed E-state index contributed by atoms with van der Waals surface area (Å²) in [6.45, 7) is -2.90. The lowest BCUT2D eigenvalue weighted by Crippen LogP contribution is -2.04. The number of hydrogen-bond donors (Lipinski definition) is 1. The third-order valence-corrected chi connectivity index (χ3v) is 2.73. The highest BCUT2D eigenvalue weighted by Gasteiger charge is 2.13. The van der Waals surface area contributed by atoms with E-state index in [1.807, 2.05) is 0 Å². The van der Waals surface area contributed by atoms with Crippen LogP contribution in [0.2, 0.25) is 0 Å². The van der Waals surface area contributed by atoms with E-state index in [4.69, 9.17) is 5.73 Å². The number of ether oxygens (including phenoxy) is 1. The average Bonchev–Trinajstić information content (AvgIpc) is 2.33. The predicted molar refractivity (Wildman–Crippen MR) is 66.2 cm³/mol. The highest BCUT2D eigenvalue weighted by Crippen LogP contribution is 2.29. The van der Waals surface area contributed by atoms with Crippen LogP contribution in [0.25, 0.3) is 11.4 Å². The molecule has 0 spiro atoms. The average molecular weight is 316 g/mol. The summed E-state index contributed by atoms with van der Waals surface area (Å²) in [5, 5.41) is 0. The summed E-state index contributed by atoms with van der Waals surface area (Å²) in [5.41, 5.74) is 5.98. The summed E-state index contributed by atoms with van der Waals surface area (Å²) in [6.07, 6.45) is 1.46. The van der Waals surface area contributed by atoms with Gasteiger partial charge in [-0.3, -0.25) is 0 Å². The number of halogens is 3. The summed E-state index contributed by atoms with van der Waals surface area (Å²) in [5.74, 6) is 0.466. The van der Waals surface area contributed by atoms with Crippen molar-refractivity contribution in [2.75, 3.05) is 5.73 Å². The van der Waals surface area contributed by atoms with Gasteiger partial charge in [-0.05, 0) is 28.1 Å². The van der Waals surface area contributed by atoms with E-state index in [0.29, 0.717) is 10.0 Å². The van der Waals surface area contributed by atoms with Crippen LogP contribution >= 0.6 is 15.9 Å². The summed E-state index contributed by atoms with van der Waals surface area (Å²) in [4.78, 5) is 8.02. The van der Waals surface area contributed by atoms with Gasteiger partial charge in [-0.15, -0.1) is 0 Å². The normalized spacial score (nSPS) is 10.7. The molecule has 0 radical (unpaired) electrons. The number of nitrogen functional groups attached to an aromatic ring is 1. The molecular formula is C11H8BrF2N3O. The number of nitrogens with two attached hydrogens (primary N) is 1. The van der Waals surface area contributed by atoms with Crippen LogP contribution in [0.15, 0.2) is 34.9 Å². The lowest BCUT2D eigenvalue weighted by molar-refractivity contribution is -0.0494. The second kappa shape index (κ2) is 5.26. The van der Waals surface area contributed by atoms with Crippen molar-refractivity contribution in [3.8, 4) is 17.1 Å². The van der Waals surface area contributed by atoms with Crippen molar-refractivity contribution >= 4 is 21.7 Å². The van der Waals surface area contributed by atoms with Crippen molar-refractivity contribution in [3.05, 3.63) is 34.9 Å². The van der Waals surface area contributed by atoms with Gasteiger partial charge in [-0.1, -0.05) is 12.1 Å². The van der Waals surface area contributed by atoms with Crippen molar-refractivity contribution in [1.29, 1.82) is 0 Å². The molecule has 2 rings (SSSR count). The zero-order valence-corrected chi connectivity index (χ0v) is 10.6. The quantitative estimate of drug-likeness (QED) is 0.945. The molecule has 1 heterocycles. The fourth-order valence-corrected chi connectivity index (χ4v) is 1.55. The van der Waals surface area contributed by atoms with Crippen molar-refractivity contribution in [2.45, 2.75) is 6.61 Å². The maximum Gasteiger partial charge on any atom is 0.387 e. The standard InChI is InChI=1S/C11H8BrF2N3O/c12-7-5-16-10(17-9(7)15)6-3-1-2-4-8(6)18-11(13)14/h1-5,11H,(H2,15,16,17). The second-order valence-corrected chi connectivity index (χ2v) is 4.16. The molecule has 18 heavy (non-hydrogen) atoms.